The summed E-state index contributed by atoms with van der Waals surface area (Å²) in [4.78, 5) is 0. The molecule has 0 aliphatic heterocycles. The van der Waals surface area contributed by atoms with Gasteiger partial charge in [0.15, 0.2) is 4.67 Å². The molecule has 3 heteroatoms. The number of hydrogen-bond acceptors (Lipinski definition) is 2. The van der Waals surface area contributed by atoms with Crippen LogP contribution in [0.3, 0.4) is 0 Å². The number of furan rings is 1. The Morgan fingerprint density at radius 2 is 1.80 bits per heavy atom. The van der Waals surface area contributed by atoms with Crippen molar-refractivity contribution in [2.24, 2.45) is 0 Å². The van der Waals surface area contributed by atoms with Gasteiger partial charge in [-0.1, -0.05) is 45.0 Å². The fraction of sp³-hybridized carbons (Fsp3) is 0.412. The Kier molecular flexibility index (Phi) is 4.71. The summed E-state index contributed by atoms with van der Waals surface area (Å²) in [6.45, 7) is 6.71. The Morgan fingerprint density at radius 3 is 2.25 bits per heavy atom. The third kappa shape index (κ3) is 3.53. The molecule has 2 rings (SSSR count). The van der Waals surface area contributed by atoms with Crippen molar-refractivity contribution >= 4 is 15.9 Å². The third-order valence-electron chi connectivity index (χ3n) is 3.63. The van der Waals surface area contributed by atoms with Crippen LogP contribution in [0.15, 0.2) is 45.7 Å². The van der Waals surface area contributed by atoms with Gasteiger partial charge in [-0.3, -0.25) is 0 Å². The van der Waals surface area contributed by atoms with Gasteiger partial charge in [-0.05, 0) is 52.0 Å². The van der Waals surface area contributed by atoms with Crippen molar-refractivity contribution < 1.29 is 4.42 Å². The monoisotopic (exact) mass is 335 g/mol. The maximum absolute atomic E-state index is 5.33. The van der Waals surface area contributed by atoms with E-state index in [1.165, 1.54) is 11.1 Å². The molecule has 1 aromatic heterocycles. The molecule has 0 amide bonds. The summed E-state index contributed by atoms with van der Waals surface area (Å²) in [5.74, 6) is 0. The highest BCUT2D eigenvalue weighted by molar-refractivity contribution is 9.10. The molecule has 1 aromatic carbocycles. The highest BCUT2D eigenvalue weighted by Gasteiger charge is 2.17. The molecule has 0 aliphatic rings. The summed E-state index contributed by atoms with van der Waals surface area (Å²) in [7, 11) is 1.98. The summed E-state index contributed by atoms with van der Waals surface area (Å²) >= 11 is 3.45. The zero-order valence-corrected chi connectivity index (χ0v) is 14.1. The lowest BCUT2D eigenvalue weighted by molar-refractivity contribution is 0.518. The molecule has 0 fully saturated rings. The molecule has 1 atom stereocenters. The molecule has 1 N–H and O–H groups in total. The Bertz CT molecular complexity index is 551. The van der Waals surface area contributed by atoms with E-state index in [1.54, 1.807) is 6.26 Å². The quantitative estimate of drug-likeness (QED) is 0.864. The van der Waals surface area contributed by atoms with Gasteiger partial charge in [-0.2, -0.15) is 0 Å². The van der Waals surface area contributed by atoms with E-state index in [2.05, 4.69) is 66.3 Å². The van der Waals surface area contributed by atoms with Crippen LogP contribution in [0, 0.1) is 0 Å². The molecule has 2 nitrogen and oxygen atoms in total. The normalized spacial score (nSPS) is 13.4. The fourth-order valence-electron chi connectivity index (χ4n) is 2.30. The Hall–Kier alpha value is -1.06. The molecule has 0 bridgehead atoms. The lowest BCUT2D eigenvalue weighted by atomic mass is 9.86. The van der Waals surface area contributed by atoms with Crippen LogP contribution in [0.25, 0.3) is 0 Å². The predicted octanol–water partition coefficient (Wildman–Crippen LogP) is 4.84. The van der Waals surface area contributed by atoms with Crippen LogP contribution in [-0.2, 0) is 11.8 Å². The molecule has 20 heavy (non-hydrogen) atoms. The van der Waals surface area contributed by atoms with Gasteiger partial charge in [0, 0.05) is 11.6 Å². The van der Waals surface area contributed by atoms with Gasteiger partial charge in [0.1, 0.15) is 0 Å². The zero-order chi connectivity index (χ0) is 14.8. The van der Waals surface area contributed by atoms with Gasteiger partial charge < -0.3 is 9.73 Å². The first-order chi connectivity index (χ1) is 9.41. The van der Waals surface area contributed by atoms with Crippen LogP contribution >= 0.6 is 15.9 Å². The Labute approximate surface area is 129 Å². The SMILES string of the molecule is CNC(Cc1ccc(C(C)(C)C)cc1)c1ccoc1Br. The first kappa shape index (κ1) is 15.3. The van der Waals surface area contributed by atoms with Crippen LogP contribution in [-0.4, -0.2) is 7.05 Å². The van der Waals surface area contributed by atoms with Gasteiger partial charge in [0.2, 0.25) is 0 Å². The van der Waals surface area contributed by atoms with Gasteiger partial charge in [0.05, 0.1) is 6.26 Å². The third-order valence-corrected chi connectivity index (χ3v) is 4.27. The van der Waals surface area contributed by atoms with Crippen molar-refractivity contribution in [3.63, 3.8) is 0 Å². The van der Waals surface area contributed by atoms with E-state index in [0.717, 1.165) is 16.7 Å². The molecule has 0 aliphatic carbocycles. The number of rotatable bonds is 4. The van der Waals surface area contributed by atoms with Crippen LogP contribution in [0.4, 0.5) is 0 Å². The van der Waals surface area contributed by atoms with Crippen molar-refractivity contribution in [1.82, 2.24) is 5.32 Å². The number of halogens is 1. The first-order valence-electron chi connectivity index (χ1n) is 6.91. The van der Waals surface area contributed by atoms with Crippen LogP contribution in [0.1, 0.15) is 43.5 Å². The van der Waals surface area contributed by atoms with Gasteiger partial charge in [-0.25, -0.2) is 0 Å². The van der Waals surface area contributed by atoms with Crippen molar-refractivity contribution in [3.05, 3.63) is 58.0 Å². The Morgan fingerprint density at radius 1 is 1.15 bits per heavy atom. The molecule has 0 saturated carbocycles. The molecule has 1 heterocycles. The summed E-state index contributed by atoms with van der Waals surface area (Å²) in [6, 6.07) is 11.2. The summed E-state index contributed by atoms with van der Waals surface area (Å²) < 4.78 is 6.13. The van der Waals surface area contributed by atoms with E-state index in [0.29, 0.717) is 0 Å². The van der Waals surface area contributed by atoms with Gasteiger partial charge >= 0.3 is 0 Å². The summed E-state index contributed by atoms with van der Waals surface area (Å²) in [6.07, 6.45) is 2.66. The molecule has 0 spiro atoms. The second-order valence-electron chi connectivity index (χ2n) is 6.14. The average Bonchev–Trinajstić information content (AvgIpc) is 2.82. The van der Waals surface area contributed by atoms with Gasteiger partial charge in [0.25, 0.3) is 0 Å². The average molecular weight is 336 g/mol. The smallest absolute Gasteiger partial charge is 0.173 e. The first-order valence-corrected chi connectivity index (χ1v) is 7.70. The number of likely N-dealkylation sites (N-methyl/N-ethyl adjacent to an activating group) is 1. The maximum Gasteiger partial charge on any atom is 0.173 e. The van der Waals surface area contributed by atoms with E-state index in [1.807, 2.05) is 13.1 Å². The minimum atomic E-state index is 0.203. The Balaban J connectivity index is 2.15. The molecule has 108 valence electrons. The highest BCUT2D eigenvalue weighted by Crippen LogP contribution is 2.28. The molecule has 0 radical (unpaired) electrons. The standard InChI is InChI=1S/C17H22BrNO/c1-17(2,3)13-7-5-12(6-8-13)11-15(19-4)14-9-10-20-16(14)18/h5-10,15,19H,11H2,1-4H3. The van der Waals surface area contributed by atoms with E-state index in [9.17, 15) is 0 Å². The van der Waals surface area contributed by atoms with Crippen LogP contribution in [0.5, 0.6) is 0 Å². The molecule has 0 saturated heterocycles. The topological polar surface area (TPSA) is 25.2 Å². The van der Waals surface area contributed by atoms with Gasteiger partial charge in [-0.15, -0.1) is 0 Å². The second-order valence-corrected chi connectivity index (χ2v) is 6.86. The minimum Gasteiger partial charge on any atom is -0.457 e. The van der Waals surface area contributed by atoms with E-state index >= 15 is 0 Å². The lowest BCUT2D eigenvalue weighted by Crippen LogP contribution is -2.19. The molecule has 2 aromatic rings. The van der Waals surface area contributed by atoms with Crippen LogP contribution in [0.2, 0.25) is 0 Å². The minimum absolute atomic E-state index is 0.203. The molecular weight excluding hydrogens is 314 g/mol. The number of hydrogen-bond donors (Lipinski definition) is 1. The predicted molar refractivity (Wildman–Crippen MR) is 87.1 cm³/mol. The van der Waals surface area contributed by atoms with Crippen LogP contribution < -0.4 is 5.32 Å². The zero-order valence-electron chi connectivity index (χ0n) is 12.5. The highest BCUT2D eigenvalue weighted by atomic mass is 79.9. The molecule has 1 unspecified atom stereocenters. The maximum atomic E-state index is 5.33. The van der Waals surface area contributed by atoms with E-state index in [-0.39, 0.29) is 11.5 Å². The lowest BCUT2D eigenvalue weighted by Gasteiger charge is -2.20. The van der Waals surface area contributed by atoms with E-state index in [4.69, 9.17) is 4.42 Å². The summed E-state index contributed by atoms with van der Waals surface area (Å²) in [5, 5.41) is 3.35. The van der Waals surface area contributed by atoms with Crippen molar-refractivity contribution in [1.29, 1.82) is 0 Å². The van der Waals surface area contributed by atoms with Crippen molar-refractivity contribution in [2.45, 2.75) is 38.6 Å². The summed E-state index contributed by atoms with van der Waals surface area (Å²) in [5.41, 5.74) is 4.05. The second kappa shape index (κ2) is 6.15. The molecular formula is C17H22BrNO. The van der Waals surface area contributed by atoms with E-state index < -0.39 is 0 Å². The van der Waals surface area contributed by atoms with Crippen molar-refractivity contribution in [2.75, 3.05) is 7.05 Å². The van der Waals surface area contributed by atoms with Crippen molar-refractivity contribution in [3.8, 4) is 0 Å². The number of nitrogens with one attached hydrogen (secondary N) is 1. The fourth-order valence-corrected chi connectivity index (χ4v) is 2.81. The number of benzene rings is 1. The largest absolute Gasteiger partial charge is 0.457 e.